The molecule has 0 aromatic carbocycles. The molecular formula is C10H22N2. The normalized spacial score (nSPS) is 25.2. The van der Waals surface area contributed by atoms with E-state index in [4.69, 9.17) is 0 Å². The van der Waals surface area contributed by atoms with Gasteiger partial charge in [-0.2, -0.15) is 0 Å². The lowest BCUT2D eigenvalue weighted by atomic mass is 9.74. The lowest BCUT2D eigenvalue weighted by molar-refractivity contribution is -0.0387. The number of likely N-dealkylation sites (tertiary alicyclic amines) is 1. The Labute approximate surface area is 76.3 Å². The average molecular weight is 170 g/mol. The van der Waals surface area contributed by atoms with Crippen LogP contribution in [0.15, 0.2) is 0 Å². The highest BCUT2D eigenvalue weighted by Crippen LogP contribution is 2.33. The Bertz CT molecular complexity index is 122. The average Bonchev–Trinajstić information content (AvgIpc) is 1.96. The highest BCUT2D eigenvalue weighted by Gasteiger charge is 2.46. The van der Waals surface area contributed by atoms with Gasteiger partial charge in [-0.1, -0.05) is 20.8 Å². The molecule has 0 unspecified atom stereocenters. The van der Waals surface area contributed by atoms with E-state index in [1.54, 1.807) is 0 Å². The van der Waals surface area contributed by atoms with E-state index in [9.17, 15) is 0 Å². The van der Waals surface area contributed by atoms with Crippen molar-refractivity contribution in [2.24, 2.45) is 5.41 Å². The number of nitrogens with zero attached hydrogens (tertiary/aromatic N) is 1. The van der Waals surface area contributed by atoms with Crippen LogP contribution in [0.4, 0.5) is 0 Å². The van der Waals surface area contributed by atoms with E-state index in [2.05, 4.69) is 17.1 Å². The van der Waals surface area contributed by atoms with Gasteiger partial charge in [0.05, 0.1) is 0 Å². The molecule has 2 fully saturated rings. The van der Waals surface area contributed by atoms with Crippen LogP contribution >= 0.6 is 0 Å². The molecule has 0 aliphatic carbocycles. The third kappa shape index (κ3) is 1.80. The lowest BCUT2D eigenvalue weighted by Gasteiger charge is -2.56. The number of nitrogens with one attached hydrogen (secondary N) is 1. The molecule has 2 rings (SSSR count). The van der Waals surface area contributed by atoms with E-state index in [1.165, 1.54) is 39.1 Å². The molecule has 0 aromatic rings. The van der Waals surface area contributed by atoms with Gasteiger partial charge in [-0.25, -0.2) is 0 Å². The topological polar surface area (TPSA) is 15.3 Å². The number of hydrogen-bond donors (Lipinski definition) is 1. The van der Waals surface area contributed by atoms with Gasteiger partial charge in [-0.05, 0) is 13.0 Å². The van der Waals surface area contributed by atoms with Crippen LogP contribution in [0.2, 0.25) is 0 Å². The number of rotatable bonds is 2. The summed E-state index contributed by atoms with van der Waals surface area (Å²) in [6.07, 6.45) is 1.31. The van der Waals surface area contributed by atoms with Gasteiger partial charge in [0.1, 0.15) is 0 Å². The minimum Gasteiger partial charge on any atom is -0.315 e. The summed E-state index contributed by atoms with van der Waals surface area (Å²) >= 11 is 0. The van der Waals surface area contributed by atoms with Crippen LogP contribution in [-0.2, 0) is 0 Å². The van der Waals surface area contributed by atoms with E-state index in [1.807, 2.05) is 13.8 Å². The van der Waals surface area contributed by atoms with Gasteiger partial charge >= 0.3 is 0 Å². The van der Waals surface area contributed by atoms with Crippen LogP contribution in [0.5, 0.6) is 0 Å². The van der Waals surface area contributed by atoms with Gasteiger partial charge in [0, 0.05) is 31.6 Å². The molecule has 2 aliphatic rings. The van der Waals surface area contributed by atoms with Crippen LogP contribution in [-0.4, -0.2) is 37.6 Å². The highest BCUT2D eigenvalue weighted by molar-refractivity contribution is 5.03. The summed E-state index contributed by atoms with van der Waals surface area (Å²) in [5.74, 6) is 0. The molecule has 1 N–H and O–H groups in total. The molecule has 72 valence electrons. The molecule has 2 aliphatic heterocycles. The predicted molar refractivity (Wildman–Crippen MR) is 53.4 cm³/mol. The standard InChI is InChI=1S/C8H16N2.C2H6/c1-2-3-10-6-8(7-10)4-9-5-8;1-2/h9H,2-7H2,1H3;1-2H3. The molecule has 0 radical (unpaired) electrons. The Morgan fingerprint density at radius 3 is 2.17 bits per heavy atom. The Morgan fingerprint density at radius 1 is 1.25 bits per heavy atom. The maximum atomic E-state index is 3.34. The maximum absolute atomic E-state index is 3.34. The van der Waals surface area contributed by atoms with Crippen LogP contribution in [0.25, 0.3) is 0 Å². The molecule has 0 bridgehead atoms. The van der Waals surface area contributed by atoms with Crippen LogP contribution in [0.1, 0.15) is 27.2 Å². The number of hydrogen-bond acceptors (Lipinski definition) is 2. The summed E-state index contributed by atoms with van der Waals surface area (Å²) < 4.78 is 0. The van der Waals surface area contributed by atoms with Gasteiger partial charge < -0.3 is 10.2 Å². The molecule has 0 saturated carbocycles. The SMILES string of the molecule is CC.CCCN1CC2(CNC2)C1. The first-order valence-corrected chi connectivity index (χ1v) is 5.28. The molecule has 1 spiro atoms. The summed E-state index contributed by atoms with van der Waals surface area (Å²) in [5.41, 5.74) is 0.731. The van der Waals surface area contributed by atoms with Crippen molar-refractivity contribution < 1.29 is 0 Å². The first-order valence-electron chi connectivity index (χ1n) is 5.28. The zero-order chi connectivity index (χ0) is 9.03. The Hall–Kier alpha value is -0.0800. The first kappa shape index (κ1) is 10.0. The molecule has 0 amide bonds. The third-order valence-corrected chi connectivity index (χ3v) is 2.66. The minimum atomic E-state index is 0.731. The molecule has 2 heterocycles. The summed E-state index contributed by atoms with van der Waals surface area (Å²) in [6.45, 7) is 12.8. The van der Waals surface area contributed by atoms with Crippen molar-refractivity contribution in [1.82, 2.24) is 10.2 Å². The van der Waals surface area contributed by atoms with E-state index < -0.39 is 0 Å². The van der Waals surface area contributed by atoms with Crippen molar-refractivity contribution in [2.45, 2.75) is 27.2 Å². The summed E-state index contributed by atoms with van der Waals surface area (Å²) in [4.78, 5) is 2.56. The van der Waals surface area contributed by atoms with Gasteiger partial charge in [0.25, 0.3) is 0 Å². The predicted octanol–water partition coefficient (Wildman–Crippen LogP) is 1.33. The van der Waals surface area contributed by atoms with Gasteiger partial charge in [-0.15, -0.1) is 0 Å². The Morgan fingerprint density at radius 2 is 1.83 bits per heavy atom. The van der Waals surface area contributed by atoms with Gasteiger partial charge in [0.2, 0.25) is 0 Å². The maximum Gasteiger partial charge on any atom is 0.0207 e. The van der Waals surface area contributed by atoms with Crippen LogP contribution in [0.3, 0.4) is 0 Å². The molecule has 0 atom stereocenters. The van der Waals surface area contributed by atoms with E-state index in [-0.39, 0.29) is 0 Å². The third-order valence-electron chi connectivity index (χ3n) is 2.66. The zero-order valence-corrected chi connectivity index (χ0v) is 8.69. The molecule has 0 aromatic heterocycles. The van der Waals surface area contributed by atoms with Gasteiger partial charge in [-0.3, -0.25) is 0 Å². The Balaban J connectivity index is 0.000000336. The van der Waals surface area contributed by atoms with Crippen LogP contribution in [0, 0.1) is 5.41 Å². The zero-order valence-electron chi connectivity index (χ0n) is 8.69. The van der Waals surface area contributed by atoms with Crippen molar-refractivity contribution in [3.8, 4) is 0 Å². The second-order valence-corrected chi connectivity index (χ2v) is 3.81. The van der Waals surface area contributed by atoms with E-state index in [0.29, 0.717) is 0 Å². The summed E-state index contributed by atoms with van der Waals surface area (Å²) in [5, 5.41) is 3.34. The lowest BCUT2D eigenvalue weighted by Crippen LogP contribution is -2.70. The first-order chi connectivity index (χ1) is 5.85. The second-order valence-electron chi connectivity index (χ2n) is 3.81. The monoisotopic (exact) mass is 170 g/mol. The molecule has 2 nitrogen and oxygen atoms in total. The van der Waals surface area contributed by atoms with E-state index in [0.717, 1.165) is 5.41 Å². The molecular weight excluding hydrogens is 148 g/mol. The smallest absolute Gasteiger partial charge is 0.0207 e. The van der Waals surface area contributed by atoms with E-state index >= 15 is 0 Å². The van der Waals surface area contributed by atoms with Crippen molar-refractivity contribution in [3.63, 3.8) is 0 Å². The largest absolute Gasteiger partial charge is 0.315 e. The fourth-order valence-electron chi connectivity index (χ4n) is 2.08. The van der Waals surface area contributed by atoms with Crippen molar-refractivity contribution in [1.29, 1.82) is 0 Å². The van der Waals surface area contributed by atoms with Crippen molar-refractivity contribution in [3.05, 3.63) is 0 Å². The fourth-order valence-corrected chi connectivity index (χ4v) is 2.08. The fraction of sp³-hybridized carbons (Fsp3) is 1.00. The second kappa shape index (κ2) is 4.24. The van der Waals surface area contributed by atoms with Crippen molar-refractivity contribution >= 4 is 0 Å². The molecule has 2 saturated heterocycles. The van der Waals surface area contributed by atoms with Crippen LogP contribution < -0.4 is 5.32 Å². The highest BCUT2D eigenvalue weighted by atomic mass is 15.3. The minimum absolute atomic E-state index is 0.731. The quantitative estimate of drug-likeness (QED) is 0.672. The molecule has 2 heteroatoms. The molecule has 12 heavy (non-hydrogen) atoms. The summed E-state index contributed by atoms with van der Waals surface area (Å²) in [6, 6.07) is 0. The van der Waals surface area contributed by atoms with Gasteiger partial charge in [0.15, 0.2) is 0 Å². The Kier molecular flexibility index (Phi) is 3.53. The van der Waals surface area contributed by atoms with Crippen molar-refractivity contribution in [2.75, 3.05) is 32.7 Å². The summed E-state index contributed by atoms with van der Waals surface area (Å²) in [7, 11) is 0.